The smallest absolute Gasteiger partial charge is 0.271 e. The third-order valence-electron chi connectivity index (χ3n) is 2.43. The fourth-order valence-electron chi connectivity index (χ4n) is 1.48. The highest BCUT2D eigenvalue weighted by Gasteiger charge is 2.06. The molecule has 1 heterocycles. The lowest BCUT2D eigenvalue weighted by molar-refractivity contribution is -0.384. The van der Waals surface area contributed by atoms with Gasteiger partial charge >= 0.3 is 0 Å². The molecule has 0 atom stereocenters. The number of carbonyl (C=O) groups is 1. The van der Waals surface area contributed by atoms with E-state index >= 15 is 0 Å². The molecule has 0 aliphatic carbocycles. The van der Waals surface area contributed by atoms with E-state index in [2.05, 4.69) is 15.8 Å². The van der Waals surface area contributed by atoms with Crippen LogP contribution in [-0.2, 0) is 4.79 Å². The van der Waals surface area contributed by atoms with E-state index in [0.29, 0.717) is 5.69 Å². The maximum absolute atomic E-state index is 11.5. The topological polar surface area (TPSA) is 96.6 Å². The second kappa shape index (κ2) is 7.15. The summed E-state index contributed by atoms with van der Waals surface area (Å²) in [5.41, 5.74) is 2.84. The van der Waals surface area contributed by atoms with E-state index in [-0.39, 0.29) is 18.1 Å². The molecule has 2 aromatic rings. The molecule has 21 heavy (non-hydrogen) atoms. The number of thiophene rings is 1. The van der Waals surface area contributed by atoms with Gasteiger partial charge in [0.25, 0.3) is 11.6 Å². The summed E-state index contributed by atoms with van der Waals surface area (Å²) >= 11 is 1.51. The molecule has 0 bridgehead atoms. The van der Waals surface area contributed by atoms with Crippen molar-refractivity contribution in [2.24, 2.45) is 5.10 Å². The molecule has 108 valence electrons. The van der Waals surface area contributed by atoms with Crippen LogP contribution < -0.4 is 10.7 Å². The first-order valence-electron chi connectivity index (χ1n) is 5.99. The zero-order valence-electron chi connectivity index (χ0n) is 10.9. The molecule has 1 aromatic heterocycles. The Morgan fingerprint density at radius 3 is 2.95 bits per heavy atom. The first-order chi connectivity index (χ1) is 10.1. The number of amides is 1. The standard InChI is InChI=1S/C13H12N4O3S/c18-13(16-15-8-12-5-2-6-21-12)9-14-10-3-1-4-11(7-10)17(19)20/h1-8,14H,9H2,(H,16,18). The van der Waals surface area contributed by atoms with Crippen LogP contribution in [0.1, 0.15) is 4.88 Å². The fourth-order valence-corrected chi connectivity index (χ4v) is 2.07. The van der Waals surface area contributed by atoms with E-state index in [4.69, 9.17) is 0 Å². The summed E-state index contributed by atoms with van der Waals surface area (Å²) in [6, 6.07) is 9.71. The van der Waals surface area contributed by atoms with Crippen LogP contribution in [0.25, 0.3) is 0 Å². The Hall–Kier alpha value is -2.74. The zero-order chi connectivity index (χ0) is 15.1. The summed E-state index contributed by atoms with van der Waals surface area (Å²) in [5, 5.41) is 19.1. The third kappa shape index (κ3) is 4.69. The minimum Gasteiger partial charge on any atom is -0.376 e. The molecule has 2 rings (SSSR count). The number of nitro groups is 1. The fraction of sp³-hybridized carbons (Fsp3) is 0.0769. The molecule has 0 spiro atoms. The van der Waals surface area contributed by atoms with Gasteiger partial charge in [0, 0.05) is 22.7 Å². The van der Waals surface area contributed by atoms with Crippen LogP contribution in [0.5, 0.6) is 0 Å². The quantitative estimate of drug-likeness (QED) is 0.486. The Morgan fingerprint density at radius 1 is 1.38 bits per heavy atom. The number of hydrogen-bond donors (Lipinski definition) is 2. The molecule has 0 fully saturated rings. The molecule has 0 unspecified atom stereocenters. The monoisotopic (exact) mass is 304 g/mol. The Morgan fingerprint density at radius 2 is 2.24 bits per heavy atom. The number of nitro benzene ring substituents is 1. The first-order valence-corrected chi connectivity index (χ1v) is 6.87. The average Bonchev–Trinajstić information content (AvgIpc) is 2.99. The van der Waals surface area contributed by atoms with E-state index in [1.165, 1.54) is 23.5 Å². The van der Waals surface area contributed by atoms with Gasteiger partial charge in [-0.25, -0.2) is 5.43 Å². The molecule has 0 saturated heterocycles. The van der Waals surface area contributed by atoms with Crippen molar-refractivity contribution in [1.82, 2.24) is 5.43 Å². The summed E-state index contributed by atoms with van der Waals surface area (Å²) < 4.78 is 0. The molecule has 2 N–H and O–H groups in total. The zero-order valence-corrected chi connectivity index (χ0v) is 11.7. The SMILES string of the molecule is O=C(CNc1cccc([N+](=O)[O-])c1)NN=Cc1cccs1. The van der Waals surface area contributed by atoms with Crippen molar-refractivity contribution in [3.63, 3.8) is 0 Å². The van der Waals surface area contributed by atoms with Gasteiger partial charge in [-0.3, -0.25) is 14.9 Å². The lowest BCUT2D eigenvalue weighted by Gasteiger charge is -2.04. The van der Waals surface area contributed by atoms with Crippen molar-refractivity contribution >= 4 is 34.8 Å². The van der Waals surface area contributed by atoms with E-state index in [9.17, 15) is 14.9 Å². The van der Waals surface area contributed by atoms with Gasteiger partial charge in [-0.05, 0) is 17.5 Å². The highest BCUT2D eigenvalue weighted by Crippen LogP contribution is 2.16. The van der Waals surface area contributed by atoms with Crippen LogP contribution in [-0.4, -0.2) is 23.6 Å². The van der Waals surface area contributed by atoms with Crippen LogP contribution >= 0.6 is 11.3 Å². The first kappa shape index (κ1) is 14.7. The van der Waals surface area contributed by atoms with Crippen LogP contribution in [0, 0.1) is 10.1 Å². The van der Waals surface area contributed by atoms with E-state index in [1.807, 2.05) is 17.5 Å². The predicted octanol–water partition coefficient (Wildman–Crippen LogP) is 2.22. The number of nitrogens with zero attached hydrogens (tertiary/aromatic N) is 2. The molecule has 0 aliphatic heterocycles. The third-order valence-corrected chi connectivity index (χ3v) is 3.24. The molecule has 1 amide bonds. The van der Waals surface area contributed by atoms with Crippen molar-refractivity contribution < 1.29 is 9.72 Å². The van der Waals surface area contributed by atoms with Crippen LogP contribution in [0.4, 0.5) is 11.4 Å². The van der Waals surface area contributed by atoms with Crippen molar-refractivity contribution in [2.45, 2.75) is 0 Å². The molecular formula is C13H12N4O3S. The second-order valence-electron chi connectivity index (χ2n) is 3.97. The lowest BCUT2D eigenvalue weighted by atomic mass is 10.3. The number of benzene rings is 1. The molecular weight excluding hydrogens is 292 g/mol. The molecule has 0 aliphatic rings. The van der Waals surface area contributed by atoms with Crippen molar-refractivity contribution in [2.75, 3.05) is 11.9 Å². The number of anilines is 1. The molecule has 0 saturated carbocycles. The second-order valence-corrected chi connectivity index (χ2v) is 4.95. The van der Waals surface area contributed by atoms with Crippen LogP contribution in [0.15, 0.2) is 46.9 Å². The maximum Gasteiger partial charge on any atom is 0.271 e. The Bertz CT molecular complexity index is 655. The largest absolute Gasteiger partial charge is 0.376 e. The van der Waals surface area contributed by atoms with Gasteiger partial charge in [0.1, 0.15) is 0 Å². The summed E-state index contributed by atoms with van der Waals surface area (Å²) in [7, 11) is 0. The van der Waals surface area contributed by atoms with Crippen molar-refractivity contribution in [1.29, 1.82) is 0 Å². The number of rotatable bonds is 6. The Balaban J connectivity index is 1.81. The summed E-state index contributed by atoms with van der Waals surface area (Å²) in [4.78, 5) is 22.6. The van der Waals surface area contributed by atoms with Gasteiger partial charge < -0.3 is 5.32 Å². The van der Waals surface area contributed by atoms with E-state index in [0.717, 1.165) is 4.88 Å². The predicted molar refractivity (Wildman–Crippen MR) is 81.6 cm³/mol. The number of nitrogens with one attached hydrogen (secondary N) is 2. The van der Waals surface area contributed by atoms with E-state index in [1.54, 1.807) is 18.3 Å². The molecule has 0 radical (unpaired) electrons. The van der Waals surface area contributed by atoms with E-state index < -0.39 is 4.92 Å². The Kier molecular flexibility index (Phi) is 4.99. The summed E-state index contributed by atoms with van der Waals surface area (Å²) in [6.45, 7) is -0.0249. The average molecular weight is 304 g/mol. The van der Waals surface area contributed by atoms with Gasteiger partial charge in [0.15, 0.2) is 0 Å². The number of hydrazone groups is 1. The number of non-ortho nitro benzene ring substituents is 1. The van der Waals surface area contributed by atoms with Gasteiger partial charge in [0.2, 0.25) is 0 Å². The minimum absolute atomic E-state index is 0.0249. The van der Waals surface area contributed by atoms with Crippen LogP contribution in [0.3, 0.4) is 0 Å². The number of hydrogen-bond acceptors (Lipinski definition) is 6. The normalized spacial score (nSPS) is 10.5. The summed E-state index contributed by atoms with van der Waals surface area (Å²) in [5.74, 6) is -0.339. The van der Waals surface area contributed by atoms with Gasteiger partial charge in [0.05, 0.1) is 17.7 Å². The maximum atomic E-state index is 11.5. The van der Waals surface area contributed by atoms with Crippen molar-refractivity contribution in [3.8, 4) is 0 Å². The highest BCUT2D eigenvalue weighted by atomic mass is 32.1. The van der Waals surface area contributed by atoms with Crippen molar-refractivity contribution in [3.05, 3.63) is 56.8 Å². The van der Waals surface area contributed by atoms with Crippen LogP contribution in [0.2, 0.25) is 0 Å². The lowest BCUT2D eigenvalue weighted by Crippen LogP contribution is -2.25. The summed E-state index contributed by atoms with van der Waals surface area (Å²) in [6.07, 6.45) is 1.55. The molecule has 7 nitrogen and oxygen atoms in total. The molecule has 8 heteroatoms. The van der Waals surface area contributed by atoms with Gasteiger partial charge in [-0.15, -0.1) is 11.3 Å². The van der Waals surface area contributed by atoms with Gasteiger partial charge in [-0.2, -0.15) is 5.10 Å². The molecule has 1 aromatic carbocycles. The Labute approximate surface area is 124 Å². The van der Waals surface area contributed by atoms with Gasteiger partial charge in [-0.1, -0.05) is 12.1 Å². The highest BCUT2D eigenvalue weighted by molar-refractivity contribution is 7.11. The number of carbonyl (C=O) groups excluding carboxylic acids is 1. The minimum atomic E-state index is -0.490.